The Morgan fingerprint density at radius 3 is 2.29 bits per heavy atom. The van der Waals surface area contributed by atoms with Gasteiger partial charge in [-0.3, -0.25) is 9.79 Å². The molecule has 7 nitrogen and oxygen atoms in total. The molecule has 7 heteroatoms. The molecule has 0 heterocycles. The molecule has 0 spiro atoms. The van der Waals surface area contributed by atoms with Crippen molar-refractivity contribution in [3.63, 3.8) is 0 Å². The van der Waals surface area contributed by atoms with Crippen LogP contribution in [0.15, 0.2) is 30.3 Å². The first-order valence-corrected chi connectivity index (χ1v) is 9.38. The van der Waals surface area contributed by atoms with Crippen molar-refractivity contribution < 1.29 is 28.9 Å². The predicted molar refractivity (Wildman–Crippen MR) is 104 cm³/mol. The zero-order valence-electron chi connectivity index (χ0n) is 17.6. The summed E-state index contributed by atoms with van der Waals surface area (Å²) in [4.78, 5) is 48.6. The van der Waals surface area contributed by atoms with Crippen LogP contribution in [-0.4, -0.2) is 41.4 Å². The highest BCUT2D eigenvalue weighted by molar-refractivity contribution is 5.88. The Balaban J connectivity index is 3.05. The van der Waals surface area contributed by atoms with E-state index in [0.29, 0.717) is 12.7 Å². The lowest BCUT2D eigenvalue weighted by Gasteiger charge is -2.41. The molecule has 0 radical (unpaired) electrons. The van der Waals surface area contributed by atoms with E-state index in [9.17, 15) is 14.4 Å². The molecule has 0 bridgehead atoms. The molecule has 2 atom stereocenters. The number of carbonyl (C=O) groups is 3. The summed E-state index contributed by atoms with van der Waals surface area (Å²) in [6.45, 7) is 8.66. The Kier molecular flexibility index (Phi) is 8.63. The lowest BCUT2D eigenvalue weighted by atomic mass is 9.80. The molecular formula is C21H31NO6. The zero-order valence-corrected chi connectivity index (χ0v) is 17.6. The highest BCUT2D eigenvalue weighted by Gasteiger charge is 2.51. The van der Waals surface area contributed by atoms with Crippen molar-refractivity contribution in [1.82, 2.24) is 4.90 Å². The summed E-state index contributed by atoms with van der Waals surface area (Å²) < 4.78 is 5.39. The van der Waals surface area contributed by atoms with Gasteiger partial charge in [-0.25, -0.2) is 9.59 Å². The van der Waals surface area contributed by atoms with Gasteiger partial charge in [0.25, 0.3) is 0 Å². The first-order chi connectivity index (χ1) is 13.1. The van der Waals surface area contributed by atoms with Gasteiger partial charge in [-0.15, -0.1) is 0 Å². The fourth-order valence-corrected chi connectivity index (χ4v) is 2.91. The molecule has 0 N–H and O–H groups in total. The average Bonchev–Trinajstić information content (AvgIpc) is 2.64. The minimum absolute atomic E-state index is 0.0560. The first kappa shape index (κ1) is 23.6. The van der Waals surface area contributed by atoms with Gasteiger partial charge in [0.1, 0.15) is 18.5 Å². The maximum Gasteiger partial charge on any atom is 0.411 e. The Bertz CT molecular complexity index is 655. The smallest absolute Gasteiger partial charge is 0.411 e. The van der Waals surface area contributed by atoms with Crippen molar-refractivity contribution in [2.75, 3.05) is 7.05 Å². The van der Waals surface area contributed by atoms with Crippen molar-refractivity contribution in [2.45, 2.75) is 65.2 Å². The third kappa shape index (κ3) is 6.05. The summed E-state index contributed by atoms with van der Waals surface area (Å²) in [7, 11) is 1.43. The molecule has 1 aromatic carbocycles. The summed E-state index contributed by atoms with van der Waals surface area (Å²) >= 11 is 0. The van der Waals surface area contributed by atoms with Gasteiger partial charge < -0.3 is 9.53 Å². The quantitative estimate of drug-likeness (QED) is 0.359. The lowest BCUT2D eigenvalue weighted by molar-refractivity contribution is -0.289. The van der Waals surface area contributed by atoms with E-state index in [2.05, 4.69) is 0 Å². The van der Waals surface area contributed by atoms with E-state index in [-0.39, 0.29) is 13.0 Å². The molecule has 0 fully saturated rings. The minimum Gasteiger partial charge on any atom is -0.444 e. The number of aldehydes is 1. The molecule has 0 aromatic heterocycles. The monoisotopic (exact) mass is 393 g/mol. The molecule has 0 saturated carbocycles. The number of benzene rings is 1. The largest absolute Gasteiger partial charge is 0.444 e. The average molecular weight is 393 g/mol. The zero-order chi connectivity index (χ0) is 21.4. The van der Waals surface area contributed by atoms with Crippen LogP contribution in [0.2, 0.25) is 0 Å². The van der Waals surface area contributed by atoms with E-state index in [0.717, 1.165) is 10.5 Å². The molecule has 0 aliphatic heterocycles. The molecule has 28 heavy (non-hydrogen) atoms. The fraction of sp³-hybridized carbons (Fsp3) is 0.571. The third-order valence-electron chi connectivity index (χ3n) is 4.41. The maximum atomic E-state index is 13.0. The van der Waals surface area contributed by atoms with E-state index >= 15 is 0 Å². The van der Waals surface area contributed by atoms with Crippen molar-refractivity contribution in [1.29, 1.82) is 0 Å². The van der Waals surface area contributed by atoms with Gasteiger partial charge in [0, 0.05) is 13.0 Å². The standard InChI is InChI=1S/C21H31NO6/c1-7-13-21(16(2)14-23,22(6)19(25)27-20(3,4)5)18(24)28-26-15-17-11-9-8-10-12-17/h8-12,14,16H,7,13,15H2,1-6H3/t16?,21-/m0/s1. The van der Waals surface area contributed by atoms with Crippen molar-refractivity contribution in [3.8, 4) is 0 Å². The van der Waals surface area contributed by atoms with Gasteiger partial charge in [0.2, 0.25) is 0 Å². The number of ether oxygens (including phenoxy) is 1. The van der Waals surface area contributed by atoms with Crippen molar-refractivity contribution in [2.24, 2.45) is 5.92 Å². The maximum absolute atomic E-state index is 13.0. The Hall–Kier alpha value is -2.41. The van der Waals surface area contributed by atoms with Crippen LogP contribution in [0.1, 0.15) is 53.0 Å². The van der Waals surface area contributed by atoms with Crippen LogP contribution in [0.5, 0.6) is 0 Å². The van der Waals surface area contributed by atoms with E-state index in [1.807, 2.05) is 37.3 Å². The van der Waals surface area contributed by atoms with Gasteiger partial charge >= 0.3 is 12.1 Å². The SMILES string of the molecule is CCC[C@@](C(=O)OOCc1ccccc1)(C(C)C=O)N(C)C(=O)OC(C)(C)C. The van der Waals surface area contributed by atoms with Crippen LogP contribution in [0, 0.1) is 5.92 Å². The van der Waals surface area contributed by atoms with E-state index in [1.54, 1.807) is 27.7 Å². The summed E-state index contributed by atoms with van der Waals surface area (Å²) in [5, 5.41) is 0. The summed E-state index contributed by atoms with van der Waals surface area (Å²) in [5.41, 5.74) is -1.46. The van der Waals surface area contributed by atoms with Crippen LogP contribution in [0.25, 0.3) is 0 Å². The molecular weight excluding hydrogens is 362 g/mol. The van der Waals surface area contributed by atoms with Crippen LogP contribution in [0.3, 0.4) is 0 Å². The number of rotatable bonds is 9. The molecule has 1 amide bonds. The number of amides is 1. The number of carbonyl (C=O) groups excluding carboxylic acids is 3. The molecule has 0 aliphatic carbocycles. The van der Waals surface area contributed by atoms with Gasteiger partial charge in [-0.05, 0) is 32.8 Å². The minimum atomic E-state index is -1.53. The summed E-state index contributed by atoms with van der Waals surface area (Å²) in [6, 6.07) is 9.20. The van der Waals surface area contributed by atoms with E-state index in [1.165, 1.54) is 7.05 Å². The van der Waals surface area contributed by atoms with Crippen LogP contribution < -0.4 is 0 Å². The predicted octanol–water partition coefficient (Wildman–Crippen LogP) is 3.90. The number of nitrogens with zero attached hydrogens (tertiary/aromatic N) is 1. The molecule has 156 valence electrons. The highest BCUT2D eigenvalue weighted by atomic mass is 17.2. The van der Waals surface area contributed by atoms with Crippen molar-refractivity contribution >= 4 is 18.3 Å². The summed E-state index contributed by atoms with van der Waals surface area (Å²) in [6.07, 6.45) is 0.680. The second kappa shape index (κ2) is 10.2. The molecule has 1 rings (SSSR count). The second-order valence-corrected chi connectivity index (χ2v) is 7.76. The second-order valence-electron chi connectivity index (χ2n) is 7.76. The number of likely N-dealkylation sites (N-methyl/N-ethyl adjacent to an activating group) is 1. The summed E-state index contributed by atoms with van der Waals surface area (Å²) in [5.74, 6) is -1.63. The van der Waals surface area contributed by atoms with Crippen LogP contribution >= 0.6 is 0 Å². The van der Waals surface area contributed by atoms with E-state index < -0.39 is 29.1 Å². The normalized spacial score (nSPS) is 14.5. The lowest BCUT2D eigenvalue weighted by Crippen LogP contribution is -2.61. The number of hydrogen-bond donors (Lipinski definition) is 0. The van der Waals surface area contributed by atoms with Gasteiger partial charge in [0.05, 0.1) is 0 Å². The van der Waals surface area contributed by atoms with Gasteiger partial charge in [-0.1, -0.05) is 50.6 Å². The third-order valence-corrected chi connectivity index (χ3v) is 4.41. The van der Waals surface area contributed by atoms with Crippen molar-refractivity contribution in [3.05, 3.63) is 35.9 Å². The first-order valence-electron chi connectivity index (χ1n) is 9.38. The van der Waals surface area contributed by atoms with E-state index in [4.69, 9.17) is 14.5 Å². The highest BCUT2D eigenvalue weighted by Crippen LogP contribution is 2.32. The molecule has 1 unspecified atom stereocenters. The Labute approximate surface area is 166 Å². The fourth-order valence-electron chi connectivity index (χ4n) is 2.91. The number of hydrogen-bond acceptors (Lipinski definition) is 6. The van der Waals surface area contributed by atoms with Crippen LogP contribution in [-0.2, 0) is 30.7 Å². The van der Waals surface area contributed by atoms with Gasteiger partial charge in [0.15, 0.2) is 5.54 Å². The molecule has 0 aliphatic rings. The van der Waals surface area contributed by atoms with Gasteiger partial charge in [-0.2, -0.15) is 4.89 Å². The molecule has 1 aromatic rings. The molecule has 0 saturated heterocycles. The Morgan fingerprint density at radius 1 is 1.18 bits per heavy atom. The Morgan fingerprint density at radius 2 is 1.79 bits per heavy atom. The topological polar surface area (TPSA) is 82.1 Å². The van der Waals surface area contributed by atoms with Crippen LogP contribution in [0.4, 0.5) is 4.79 Å².